The van der Waals surface area contributed by atoms with Crippen molar-refractivity contribution in [3.63, 3.8) is 0 Å². The smallest absolute Gasteiger partial charge is 0.229 e. The van der Waals surface area contributed by atoms with E-state index in [2.05, 4.69) is 5.32 Å². The fourth-order valence-corrected chi connectivity index (χ4v) is 2.42. The lowest BCUT2D eigenvalue weighted by atomic mass is 9.69. The number of imide groups is 1. The molecule has 1 fully saturated rings. The monoisotopic (exact) mass is 249 g/mol. The molecule has 0 bridgehead atoms. The summed E-state index contributed by atoms with van der Waals surface area (Å²) in [6.45, 7) is 3.64. The molecule has 3 nitrogen and oxygen atoms in total. The molecule has 0 spiro atoms. The van der Waals surface area contributed by atoms with Crippen molar-refractivity contribution in [3.8, 4) is 0 Å². The molecule has 1 N–H and O–H groups in total. The molecule has 0 aromatic heterocycles. The highest BCUT2D eigenvalue weighted by Gasteiger charge is 2.42. The summed E-state index contributed by atoms with van der Waals surface area (Å²) in [6.07, 6.45) is 0.633. The average molecular weight is 249 g/mol. The van der Waals surface area contributed by atoms with Gasteiger partial charge in [-0.25, -0.2) is 4.39 Å². The Morgan fingerprint density at radius 3 is 2.72 bits per heavy atom. The Labute approximate surface area is 105 Å². The molecule has 2 atom stereocenters. The lowest BCUT2D eigenvalue weighted by Gasteiger charge is -2.38. The average Bonchev–Trinajstić information content (AvgIpc) is 2.29. The Morgan fingerprint density at radius 1 is 1.39 bits per heavy atom. The lowest BCUT2D eigenvalue weighted by Crippen LogP contribution is -2.50. The Morgan fingerprint density at radius 2 is 2.06 bits per heavy atom. The Hall–Kier alpha value is -1.71. The van der Waals surface area contributed by atoms with E-state index in [0.29, 0.717) is 12.0 Å². The minimum Gasteiger partial charge on any atom is -0.296 e. The molecule has 96 valence electrons. The number of carbonyl (C=O) groups excluding carboxylic acids is 2. The highest BCUT2D eigenvalue weighted by molar-refractivity contribution is 5.99. The first-order valence-electron chi connectivity index (χ1n) is 5.99. The van der Waals surface area contributed by atoms with Crippen LogP contribution in [0.4, 0.5) is 4.39 Å². The largest absolute Gasteiger partial charge is 0.296 e. The number of hydrogen-bond acceptors (Lipinski definition) is 2. The summed E-state index contributed by atoms with van der Waals surface area (Å²) in [7, 11) is 0. The van der Waals surface area contributed by atoms with Crippen molar-refractivity contribution < 1.29 is 14.0 Å². The second-order valence-electron chi connectivity index (χ2n) is 5.23. The van der Waals surface area contributed by atoms with Crippen LogP contribution in [0.5, 0.6) is 0 Å². The molecule has 1 aliphatic heterocycles. The van der Waals surface area contributed by atoms with E-state index in [1.807, 2.05) is 6.92 Å². The molecule has 1 aliphatic rings. The van der Waals surface area contributed by atoms with Gasteiger partial charge >= 0.3 is 0 Å². The summed E-state index contributed by atoms with van der Waals surface area (Å²) < 4.78 is 13.7. The number of hydrogen-bond donors (Lipinski definition) is 1. The molecule has 2 unspecified atom stereocenters. The normalized spacial score (nSPS) is 28.1. The minimum absolute atomic E-state index is 0.244. The summed E-state index contributed by atoms with van der Waals surface area (Å²) in [4.78, 5) is 23.2. The first-order chi connectivity index (χ1) is 8.42. The fourth-order valence-electron chi connectivity index (χ4n) is 2.42. The van der Waals surface area contributed by atoms with Crippen LogP contribution in [0.2, 0.25) is 0 Å². The third-order valence-corrected chi connectivity index (χ3v) is 3.82. The van der Waals surface area contributed by atoms with E-state index < -0.39 is 5.41 Å². The van der Waals surface area contributed by atoms with Crippen LogP contribution in [0, 0.1) is 17.2 Å². The second kappa shape index (κ2) is 4.52. The molecule has 0 aliphatic carbocycles. The van der Waals surface area contributed by atoms with Gasteiger partial charge in [0.1, 0.15) is 5.82 Å². The fraction of sp³-hybridized carbons (Fsp3) is 0.429. The summed E-state index contributed by atoms with van der Waals surface area (Å²) >= 11 is 0. The van der Waals surface area contributed by atoms with Crippen molar-refractivity contribution in [1.29, 1.82) is 0 Å². The van der Waals surface area contributed by atoms with E-state index >= 15 is 0 Å². The van der Waals surface area contributed by atoms with Gasteiger partial charge in [-0.1, -0.05) is 32.0 Å². The molecule has 4 heteroatoms. The lowest BCUT2D eigenvalue weighted by molar-refractivity contribution is -0.142. The highest BCUT2D eigenvalue weighted by atomic mass is 19.1. The van der Waals surface area contributed by atoms with Crippen molar-refractivity contribution in [2.45, 2.75) is 26.7 Å². The maximum absolute atomic E-state index is 13.7. The number of halogens is 1. The van der Waals surface area contributed by atoms with Gasteiger partial charge in [0.25, 0.3) is 0 Å². The molecule has 2 rings (SSSR count). The maximum atomic E-state index is 13.7. The predicted octanol–water partition coefficient (Wildman–Crippen LogP) is 2.06. The zero-order valence-electron chi connectivity index (χ0n) is 10.5. The SMILES string of the molecule is CC1C(=O)NC(=O)CC1(C)Cc1ccccc1F. The third kappa shape index (κ3) is 2.28. The quantitative estimate of drug-likeness (QED) is 0.815. The number of nitrogens with one attached hydrogen (secondary N) is 1. The molecule has 1 aromatic carbocycles. The van der Waals surface area contributed by atoms with E-state index in [0.717, 1.165) is 0 Å². The van der Waals surface area contributed by atoms with Gasteiger partial charge < -0.3 is 0 Å². The van der Waals surface area contributed by atoms with Gasteiger partial charge in [-0.05, 0) is 23.5 Å². The van der Waals surface area contributed by atoms with Crippen molar-refractivity contribution in [2.24, 2.45) is 11.3 Å². The predicted molar refractivity (Wildman–Crippen MR) is 65.1 cm³/mol. The molecule has 18 heavy (non-hydrogen) atoms. The Balaban J connectivity index is 2.28. The van der Waals surface area contributed by atoms with Crippen LogP contribution in [-0.2, 0) is 16.0 Å². The highest BCUT2D eigenvalue weighted by Crippen LogP contribution is 2.38. The van der Waals surface area contributed by atoms with Crippen molar-refractivity contribution in [1.82, 2.24) is 5.32 Å². The van der Waals surface area contributed by atoms with Crippen LogP contribution in [0.3, 0.4) is 0 Å². The summed E-state index contributed by atoms with van der Waals surface area (Å²) in [5.41, 5.74) is 0.0241. The van der Waals surface area contributed by atoms with Gasteiger partial charge in [-0.15, -0.1) is 0 Å². The van der Waals surface area contributed by atoms with Gasteiger partial charge in [-0.2, -0.15) is 0 Å². The second-order valence-corrected chi connectivity index (χ2v) is 5.23. The van der Waals surface area contributed by atoms with Crippen LogP contribution in [0.25, 0.3) is 0 Å². The number of amides is 2. The first-order valence-corrected chi connectivity index (χ1v) is 5.99. The van der Waals surface area contributed by atoms with Gasteiger partial charge in [-0.3, -0.25) is 14.9 Å². The number of rotatable bonds is 2. The molecule has 0 saturated carbocycles. The van der Waals surface area contributed by atoms with E-state index in [1.54, 1.807) is 25.1 Å². The van der Waals surface area contributed by atoms with Crippen LogP contribution in [-0.4, -0.2) is 11.8 Å². The van der Waals surface area contributed by atoms with Gasteiger partial charge in [0, 0.05) is 12.3 Å². The molecule has 2 amide bonds. The zero-order valence-corrected chi connectivity index (χ0v) is 10.5. The molecule has 1 heterocycles. The van der Waals surface area contributed by atoms with Gasteiger partial charge in [0.2, 0.25) is 11.8 Å². The van der Waals surface area contributed by atoms with Crippen LogP contribution < -0.4 is 5.32 Å². The molecule has 0 radical (unpaired) electrons. The summed E-state index contributed by atoms with van der Waals surface area (Å²) in [6, 6.07) is 6.48. The van der Waals surface area contributed by atoms with Gasteiger partial charge in [0.15, 0.2) is 0 Å². The third-order valence-electron chi connectivity index (χ3n) is 3.82. The molecular formula is C14H16FNO2. The molecule has 1 saturated heterocycles. The van der Waals surface area contributed by atoms with Crippen LogP contribution in [0.15, 0.2) is 24.3 Å². The Kier molecular flexibility index (Phi) is 3.20. The van der Waals surface area contributed by atoms with Crippen LogP contribution >= 0.6 is 0 Å². The van der Waals surface area contributed by atoms with Crippen molar-refractivity contribution in [2.75, 3.05) is 0 Å². The minimum atomic E-state index is -0.526. The van der Waals surface area contributed by atoms with Crippen molar-refractivity contribution >= 4 is 11.8 Å². The van der Waals surface area contributed by atoms with E-state index in [4.69, 9.17) is 0 Å². The molecule has 1 aromatic rings. The van der Waals surface area contributed by atoms with Crippen molar-refractivity contribution in [3.05, 3.63) is 35.6 Å². The van der Waals surface area contributed by atoms with E-state index in [-0.39, 0.29) is 30.0 Å². The Bertz CT molecular complexity index is 500. The maximum Gasteiger partial charge on any atom is 0.229 e. The molecular weight excluding hydrogens is 233 g/mol. The zero-order chi connectivity index (χ0) is 13.3. The number of piperidine rings is 1. The summed E-state index contributed by atoms with van der Waals surface area (Å²) in [5.74, 6) is -1.15. The van der Waals surface area contributed by atoms with Gasteiger partial charge in [0.05, 0.1) is 0 Å². The standard InChI is InChI=1S/C14H16FNO2/c1-9-13(18)16-12(17)8-14(9,2)7-10-5-3-4-6-11(10)15/h3-6,9H,7-8H2,1-2H3,(H,16,17,18). The van der Waals surface area contributed by atoms with E-state index in [9.17, 15) is 14.0 Å². The van der Waals surface area contributed by atoms with Crippen LogP contribution in [0.1, 0.15) is 25.8 Å². The number of benzene rings is 1. The summed E-state index contributed by atoms with van der Waals surface area (Å²) in [5, 5.41) is 2.31. The number of carbonyl (C=O) groups is 2. The topological polar surface area (TPSA) is 46.2 Å². The van der Waals surface area contributed by atoms with E-state index in [1.165, 1.54) is 6.07 Å². The first kappa shape index (κ1) is 12.7.